The van der Waals surface area contributed by atoms with Gasteiger partial charge in [-0.25, -0.2) is 18.4 Å². The number of aliphatic imine (C=N–C) groups is 2. The Morgan fingerprint density at radius 2 is 1.35 bits per heavy atom. The number of amidine groups is 1. The predicted octanol–water partition coefficient (Wildman–Crippen LogP) is -0.0470. The van der Waals surface area contributed by atoms with Gasteiger partial charge in [-0.1, -0.05) is 64.7 Å². The quantitative estimate of drug-likeness (QED) is 0.170. The molecule has 34 heavy (non-hydrogen) atoms. The van der Waals surface area contributed by atoms with Crippen molar-refractivity contribution in [2.75, 3.05) is 0 Å². The second kappa shape index (κ2) is 12.7. The summed E-state index contributed by atoms with van der Waals surface area (Å²) in [4.78, 5) is 6.19. The van der Waals surface area contributed by atoms with Gasteiger partial charge in [0.2, 0.25) is 4.08 Å². The molecule has 11 nitrogen and oxygen atoms in total. The SMILES string of the molecule is CCCCCCCCCCCCC1=NC2=C(S(=O)(=O)O)C(S(=O)(=O)[O-])(S(=O)(=O)O)C=CC2=N1.[Na+]. The minimum Gasteiger partial charge on any atom is -0.746 e. The number of hydrogen-bond acceptors (Lipinski definition) is 9. The van der Waals surface area contributed by atoms with Gasteiger partial charge >= 0.3 is 29.6 Å². The first-order chi connectivity index (χ1) is 15.3. The second-order valence-corrected chi connectivity index (χ2v) is 12.8. The van der Waals surface area contributed by atoms with Crippen LogP contribution in [-0.2, 0) is 30.4 Å². The third-order valence-corrected chi connectivity index (χ3v) is 10.2. The summed E-state index contributed by atoms with van der Waals surface area (Å²) in [6.07, 6.45) is 12.1. The van der Waals surface area contributed by atoms with Gasteiger partial charge in [-0.2, -0.15) is 16.8 Å². The van der Waals surface area contributed by atoms with Crippen LogP contribution in [0.3, 0.4) is 0 Å². The molecule has 0 saturated heterocycles. The zero-order valence-electron chi connectivity index (χ0n) is 19.3. The molecule has 0 amide bonds. The van der Waals surface area contributed by atoms with E-state index in [1.54, 1.807) is 0 Å². The van der Waals surface area contributed by atoms with Gasteiger partial charge in [0, 0.05) is 6.42 Å². The first kappa shape index (κ1) is 31.6. The van der Waals surface area contributed by atoms with Gasteiger partial charge in [0.15, 0.2) is 0 Å². The van der Waals surface area contributed by atoms with Crippen LogP contribution in [0.2, 0.25) is 0 Å². The normalized spacial score (nSPS) is 20.6. The molecule has 0 aromatic carbocycles. The first-order valence-corrected chi connectivity index (χ1v) is 15.0. The molecule has 2 rings (SSSR count). The van der Waals surface area contributed by atoms with Crippen LogP contribution in [0, 0.1) is 0 Å². The van der Waals surface area contributed by atoms with Crippen LogP contribution >= 0.6 is 0 Å². The third-order valence-electron chi connectivity index (χ3n) is 5.49. The van der Waals surface area contributed by atoms with Crippen molar-refractivity contribution < 1.29 is 68.5 Å². The Kier molecular flexibility index (Phi) is 11.8. The van der Waals surface area contributed by atoms with Gasteiger partial charge < -0.3 is 4.55 Å². The predicted molar refractivity (Wildman–Crippen MR) is 123 cm³/mol. The van der Waals surface area contributed by atoms with Gasteiger partial charge in [-0.3, -0.25) is 9.11 Å². The minimum atomic E-state index is -6.07. The monoisotopic (exact) mass is 548 g/mol. The summed E-state index contributed by atoms with van der Waals surface area (Å²) in [5.41, 5.74) is -1.02. The van der Waals surface area contributed by atoms with Crippen molar-refractivity contribution in [2.24, 2.45) is 9.98 Å². The Labute approximate surface area is 223 Å². The fraction of sp³-hybridized carbons (Fsp3) is 0.684. The van der Waals surface area contributed by atoms with Crippen molar-refractivity contribution in [2.45, 2.75) is 81.6 Å². The largest absolute Gasteiger partial charge is 1.00 e. The summed E-state index contributed by atoms with van der Waals surface area (Å²) < 4.78 is 98.2. The van der Waals surface area contributed by atoms with Crippen molar-refractivity contribution in [3.8, 4) is 0 Å². The van der Waals surface area contributed by atoms with Crippen molar-refractivity contribution >= 4 is 41.9 Å². The molecule has 1 aliphatic carbocycles. The molecule has 0 fully saturated rings. The summed E-state index contributed by atoms with van der Waals surface area (Å²) in [7, 11) is -17.5. The number of rotatable bonds is 14. The van der Waals surface area contributed by atoms with E-state index < -0.39 is 45.0 Å². The van der Waals surface area contributed by atoms with E-state index in [1.165, 1.54) is 32.1 Å². The number of allylic oxidation sites excluding steroid dienone is 1. The Morgan fingerprint density at radius 3 is 1.79 bits per heavy atom. The first-order valence-electron chi connectivity index (χ1n) is 10.8. The number of fused-ring (bicyclic) bond motifs is 1. The average molecular weight is 549 g/mol. The van der Waals surface area contributed by atoms with Crippen molar-refractivity contribution in [3.63, 3.8) is 0 Å². The molecule has 1 atom stereocenters. The number of nitrogens with zero attached hydrogens (tertiary/aromatic N) is 2. The van der Waals surface area contributed by atoms with Gasteiger partial charge in [0.1, 0.15) is 26.6 Å². The van der Waals surface area contributed by atoms with Gasteiger partial charge in [-0.15, -0.1) is 0 Å². The molecule has 15 heteroatoms. The molecule has 1 aliphatic heterocycles. The van der Waals surface area contributed by atoms with E-state index in [1.807, 2.05) is 0 Å². The van der Waals surface area contributed by atoms with Gasteiger partial charge in [0.05, 0.1) is 5.71 Å². The molecular formula is C19H29N2NaO9S3. The summed E-state index contributed by atoms with van der Waals surface area (Å²) in [5, 5.41) is 0. The minimum absolute atomic E-state index is 0. The van der Waals surface area contributed by atoms with E-state index in [0.717, 1.165) is 31.8 Å². The second-order valence-electron chi connectivity index (χ2n) is 8.04. The molecule has 0 aromatic rings. The van der Waals surface area contributed by atoms with Crippen LogP contribution < -0.4 is 29.6 Å². The van der Waals surface area contributed by atoms with Crippen LogP contribution in [0.5, 0.6) is 0 Å². The third kappa shape index (κ3) is 7.29. The summed E-state index contributed by atoms with van der Waals surface area (Å²) >= 11 is 0. The van der Waals surface area contributed by atoms with E-state index in [9.17, 15) is 38.9 Å². The molecule has 0 bridgehead atoms. The zero-order valence-corrected chi connectivity index (χ0v) is 23.8. The van der Waals surface area contributed by atoms with Crippen LogP contribution in [-0.4, -0.2) is 54.5 Å². The molecule has 1 unspecified atom stereocenters. The van der Waals surface area contributed by atoms with Crippen molar-refractivity contribution in [3.05, 3.63) is 22.8 Å². The standard InChI is InChI=1S/C19H30N2O9S3.Na/c1-2-3-4-5-6-7-8-9-10-11-12-16-20-15-13-14-19(32(25,26)27,33(28,29)30)18(17(15)21-16)31(22,23)24;/h13-14H,2-12H2,1H3,(H,22,23,24)(H,25,26,27)(H,28,29,30);/q;+1/p-1. The van der Waals surface area contributed by atoms with Crippen LogP contribution in [0.4, 0.5) is 0 Å². The summed E-state index contributed by atoms with van der Waals surface area (Å²) in [5.74, 6) is 0.0970. The number of unbranched alkanes of at least 4 members (excludes halogenated alkanes) is 9. The number of hydrogen-bond donors (Lipinski definition) is 2. The molecular weight excluding hydrogens is 519 g/mol. The smallest absolute Gasteiger partial charge is 0.746 e. The molecule has 0 radical (unpaired) electrons. The Morgan fingerprint density at radius 1 is 0.853 bits per heavy atom. The van der Waals surface area contributed by atoms with E-state index in [0.29, 0.717) is 12.8 Å². The van der Waals surface area contributed by atoms with E-state index >= 15 is 0 Å². The Balaban J connectivity index is 0.00000578. The Bertz CT molecular complexity index is 1150. The van der Waals surface area contributed by atoms with E-state index in [2.05, 4.69) is 16.9 Å². The topological polar surface area (TPSA) is 191 Å². The van der Waals surface area contributed by atoms with Gasteiger partial charge in [-0.05, 0) is 18.6 Å². The fourth-order valence-electron chi connectivity index (χ4n) is 3.83. The average Bonchev–Trinajstić information content (AvgIpc) is 3.08. The maximum absolute atomic E-state index is 11.9. The Hall–Kier alpha value is -0.450. The molecule has 0 spiro atoms. The van der Waals surface area contributed by atoms with Crippen molar-refractivity contribution in [1.29, 1.82) is 0 Å². The molecule has 188 valence electrons. The molecule has 0 saturated carbocycles. The maximum atomic E-state index is 11.9. The molecule has 2 aliphatic rings. The zero-order chi connectivity index (χ0) is 24.9. The summed E-state index contributed by atoms with van der Waals surface area (Å²) in [6, 6.07) is 0. The van der Waals surface area contributed by atoms with Crippen molar-refractivity contribution in [1.82, 2.24) is 0 Å². The van der Waals surface area contributed by atoms with Gasteiger partial charge in [0.25, 0.3) is 20.2 Å². The molecule has 0 aromatic heterocycles. The molecule has 1 heterocycles. The van der Waals surface area contributed by atoms with E-state index in [-0.39, 0.29) is 47.2 Å². The summed E-state index contributed by atoms with van der Waals surface area (Å²) in [6.45, 7) is 2.17. The maximum Gasteiger partial charge on any atom is 1.00 e. The van der Waals surface area contributed by atoms with Crippen LogP contribution in [0.1, 0.15) is 77.6 Å². The molecule has 2 N–H and O–H groups in total. The van der Waals surface area contributed by atoms with Crippen LogP contribution in [0.15, 0.2) is 32.7 Å². The van der Waals surface area contributed by atoms with E-state index in [4.69, 9.17) is 0 Å². The fourth-order valence-corrected chi connectivity index (χ4v) is 8.07. The van der Waals surface area contributed by atoms with Crippen LogP contribution in [0.25, 0.3) is 0 Å².